The number of carbonyl (C=O) groups excluding carboxylic acids is 2. The summed E-state index contributed by atoms with van der Waals surface area (Å²) in [4.78, 5) is 34.8. The SMILES string of the molecule is CN(C(=O)C1CC1)c1ccccc1C(=O)Nc1ccc(-n2cncn2)nc1. The van der Waals surface area contributed by atoms with E-state index in [1.807, 2.05) is 6.07 Å². The minimum Gasteiger partial charge on any atom is -0.321 e. The van der Waals surface area contributed by atoms with Crippen LogP contribution >= 0.6 is 0 Å². The molecule has 1 N–H and O–H groups in total. The van der Waals surface area contributed by atoms with Gasteiger partial charge in [0, 0.05) is 13.0 Å². The highest BCUT2D eigenvalue weighted by atomic mass is 16.2. The van der Waals surface area contributed by atoms with E-state index in [0.29, 0.717) is 22.8 Å². The topological polar surface area (TPSA) is 93.0 Å². The van der Waals surface area contributed by atoms with Crippen molar-refractivity contribution in [2.75, 3.05) is 17.3 Å². The maximum atomic E-state index is 12.8. The molecule has 1 aliphatic rings. The van der Waals surface area contributed by atoms with Crippen molar-refractivity contribution in [3.8, 4) is 5.82 Å². The zero-order valence-electron chi connectivity index (χ0n) is 14.7. The standard InChI is InChI=1S/C19H18N6O2/c1-24(19(27)13-6-7-13)16-5-3-2-4-15(16)18(26)23-14-8-9-17(21-10-14)25-12-20-11-22-25/h2-5,8-13H,6-7H2,1H3,(H,23,26). The molecular formula is C19H18N6O2. The highest BCUT2D eigenvalue weighted by Crippen LogP contribution is 2.33. The summed E-state index contributed by atoms with van der Waals surface area (Å²) < 4.78 is 1.53. The molecule has 2 amide bonds. The van der Waals surface area contributed by atoms with E-state index in [1.165, 1.54) is 11.0 Å². The molecule has 3 aromatic rings. The molecule has 4 rings (SSSR count). The van der Waals surface area contributed by atoms with E-state index in [9.17, 15) is 9.59 Å². The number of para-hydroxylation sites is 1. The van der Waals surface area contributed by atoms with Crippen LogP contribution in [0.2, 0.25) is 0 Å². The van der Waals surface area contributed by atoms with Gasteiger partial charge in [-0.15, -0.1) is 0 Å². The van der Waals surface area contributed by atoms with Gasteiger partial charge < -0.3 is 10.2 Å². The molecule has 0 radical (unpaired) electrons. The maximum Gasteiger partial charge on any atom is 0.257 e. The van der Waals surface area contributed by atoms with Crippen LogP contribution in [0, 0.1) is 5.92 Å². The molecule has 0 bridgehead atoms. The number of hydrogen-bond acceptors (Lipinski definition) is 5. The highest BCUT2D eigenvalue weighted by molar-refractivity contribution is 6.10. The average molecular weight is 362 g/mol. The summed E-state index contributed by atoms with van der Waals surface area (Å²) in [5.74, 6) is 0.436. The number of aromatic nitrogens is 4. The molecule has 136 valence electrons. The molecule has 2 heterocycles. The van der Waals surface area contributed by atoms with Gasteiger partial charge in [0.1, 0.15) is 12.7 Å². The Balaban J connectivity index is 1.52. The van der Waals surface area contributed by atoms with Crippen molar-refractivity contribution in [2.24, 2.45) is 5.92 Å². The van der Waals surface area contributed by atoms with Crippen LogP contribution in [0.4, 0.5) is 11.4 Å². The monoisotopic (exact) mass is 362 g/mol. The van der Waals surface area contributed by atoms with Gasteiger partial charge in [-0.05, 0) is 37.1 Å². The fourth-order valence-electron chi connectivity index (χ4n) is 2.80. The van der Waals surface area contributed by atoms with E-state index in [2.05, 4.69) is 20.4 Å². The van der Waals surface area contributed by atoms with Gasteiger partial charge in [-0.1, -0.05) is 12.1 Å². The van der Waals surface area contributed by atoms with Crippen molar-refractivity contribution >= 4 is 23.2 Å². The molecule has 0 atom stereocenters. The number of benzene rings is 1. The quantitative estimate of drug-likeness (QED) is 0.752. The lowest BCUT2D eigenvalue weighted by molar-refractivity contribution is -0.119. The molecule has 1 saturated carbocycles. The number of nitrogens with zero attached hydrogens (tertiary/aromatic N) is 5. The third-order valence-corrected chi connectivity index (χ3v) is 4.43. The van der Waals surface area contributed by atoms with Gasteiger partial charge in [-0.2, -0.15) is 5.10 Å². The van der Waals surface area contributed by atoms with Gasteiger partial charge in [-0.3, -0.25) is 9.59 Å². The van der Waals surface area contributed by atoms with Crippen molar-refractivity contribution in [1.29, 1.82) is 0 Å². The Hall–Kier alpha value is -3.55. The van der Waals surface area contributed by atoms with Crippen LogP contribution in [0.5, 0.6) is 0 Å². The van der Waals surface area contributed by atoms with Crippen molar-refractivity contribution in [3.05, 3.63) is 60.8 Å². The smallest absolute Gasteiger partial charge is 0.257 e. The highest BCUT2D eigenvalue weighted by Gasteiger charge is 2.33. The minimum absolute atomic E-state index is 0.0501. The molecule has 0 unspecified atom stereocenters. The Morgan fingerprint density at radius 2 is 2.00 bits per heavy atom. The molecule has 0 aliphatic heterocycles. The van der Waals surface area contributed by atoms with Gasteiger partial charge in [0.25, 0.3) is 5.91 Å². The average Bonchev–Trinajstić information content (AvgIpc) is 3.41. The zero-order valence-corrected chi connectivity index (χ0v) is 14.7. The summed E-state index contributed by atoms with van der Waals surface area (Å²) >= 11 is 0. The normalized spacial score (nSPS) is 13.2. The number of amides is 2. The lowest BCUT2D eigenvalue weighted by atomic mass is 10.1. The third kappa shape index (κ3) is 3.55. The van der Waals surface area contributed by atoms with E-state index in [1.54, 1.807) is 54.8 Å². The molecular weight excluding hydrogens is 344 g/mol. The summed E-state index contributed by atoms with van der Waals surface area (Å²) in [6.07, 6.45) is 6.36. The fourth-order valence-corrected chi connectivity index (χ4v) is 2.80. The summed E-state index contributed by atoms with van der Waals surface area (Å²) in [5.41, 5.74) is 1.59. The first kappa shape index (κ1) is 16.9. The summed E-state index contributed by atoms with van der Waals surface area (Å²) in [6, 6.07) is 10.6. The first-order valence-electron chi connectivity index (χ1n) is 8.62. The molecule has 8 heteroatoms. The predicted octanol–water partition coefficient (Wildman–Crippen LogP) is 2.29. The molecule has 0 spiro atoms. The molecule has 2 aromatic heterocycles. The lowest BCUT2D eigenvalue weighted by Gasteiger charge is -2.20. The summed E-state index contributed by atoms with van der Waals surface area (Å²) in [6.45, 7) is 0. The first-order chi connectivity index (χ1) is 13.1. The van der Waals surface area contributed by atoms with Gasteiger partial charge in [0.05, 0.1) is 23.1 Å². The molecule has 1 aromatic carbocycles. The molecule has 27 heavy (non-hydrogen) atoms. The van der Waals surface area contributed by atoms with Crippen molar-refractivity contribution in [1.82, 2.24) is 19.7 Å². The van der Waals surface area contributed by atoms with Crippen LogP contribution in [0.25, 0.3) is 5.82 Å². The van der Waals surface area contributed by atoms with Crippen LogP contribution < -0.4 is 10.2 Å². The molecule has 0 saturated heterocycles. The Morgan fingerprint density at radius 1 is 1.19 bits per heavy atom. The Bertz CT molecular complexity index is 964. The van der Waals surface area contributed by atoms with E-state index < -0.39 is 0 Å². The van der Waals surface area contributed by atoms with E-state index in [-0.39, 0.29) is 17.7 Å². The number of anilines is 2. The van der Waals surface area contributed by atoms with Crippen molar-refractivity contribution in [2.45, 2.75) is 12.8 Å². The van der Waals surface area contributed by atoms with Gasteiger partial charge >= 0.3 is 0 Å². The lowest BCUT2D eigenvalue weighted by Crippen LogP contribution is -2.29. The van der Waals surface area contributed by atoms with Crippen LogP contribution in [0.1, 0.15) is 23.2 Å². The van der Waals surface area contributed by atoms with Crippen molar-refractivity contribution in [3.63, 3.8) is 0 Å². The number of hydrogen-bond donors (Lipinski definition) is 1. The third-order valence-electron chi connectivity index (χ3n) is 4.43. The number of nitrogens with one attached hydrogen (secondary N) is 1. The second-order valence-electron chi connectivity index (χ2n) is 6.39. The number of rotatable bonds is 5. The number of pyridine rings is 1. The summed E-state index contributed by atoms with van der Waals surface area (Å²) in [5, 5.41) is 6.83. The largest absolute Gasteiger partial charge is 0.321 e. The Kier molecular flexibility index (Phi) is 4.37. The van der Waals surface area contributed by atoms with Crippen LogP contribution in [0.15, 0.2) is 55.2 Å². The van der Waals surface area contributed by atoms with E-state index in [0.717, 1.165) is 12.8 Å². The van der Waals surface area contributed by atoms with Crippen LogP contribution in [-0.2, 0) is 4.79 Å². The molecule has 1 aliphatic carbocycles. The second kappa shape index (κ2) is 6.99. The number of carbonyl (C=O) groups is 2. The Labute approximate surface area is 155 Å². The van der Waals surface area contributed by atoms with Gasteiger partial charge in [0.2, 0.25) is 5.91 Å². The van der Waals surface area contributed by atoms with E-state index >= 15 is 0 Å². The van der Waals surface area contributed by atoms with Gasteiger partial charge in [-0.25, -0.2) is 14.6 Å². The molecule has 8 nitrogen and oxygen atoms in total. The minimum atomic E-state index is -0.295. The molecule has 1 fully saturated rings. The fraction of sp³-hybridized carbons (Fsp3) is 0.211. The second-order valence-corrected chi connectivity index (χ2v) is 6.39. The van der Waals surface area contributed by atoms with Crippen molar-refractivity contribution < 1.29 is 9.59 Å². The van der Waals surface area contributed by atoms with E-state index in [4.69, 9.17) is 0 Å². The Morgan fingerprint density at radius 3 is 2.67 bits per heavy atom. The van der Waals surface area contributed by atoms with Gasteiger partial charge in [0.15, 0.2) is 5.82 Å². The van der Waals surface area contributed by atoms with Crippen LogP contribution in [0.3, 0.4) is 0 Å². The first-order valence-corrected chi connectivity index (χ1v) is 8.62. The summed E-state index contributed by atoms with van der Waals surface area (Å²) in [7, 11) is 1.71. The maximum absolute atomic E-state index is 12.8. The zero-order chi connectivity index (χ0) is 18.8. The predicted molar refractivity (Wildman–Crippen MR) is 99.7 cm³/mol. The van der Waals surface area contributed by atoms with Crippen LogP contribution in [-0.4, -0.2) is 38.6 Å².